The summed E-state index contributed by atoms with van der Waals surface area (Å²) in [7, 11) is 0. The molecule has 0 fully saturated rings. The minimum absolute atomic E-state index is 0.280. The Morgan fingerprint density at radius 1 is 1.14 bits per heavy atom. The summed E-state index contributed by atoms with van der Waals surface area (Å²) in [5.41, 5.74) is 3.37. The van der Waals surface area contributed by atoms with Crippen LogP contribution in [0, 0.1) is 20.8 Å². The van der Waals surface area contributed by atoms with Crippen molar-refractivity contribution < 1.29 is 4.79 Å². The predicted octanol–water partition coefficient (Wildman–Crippen LogP) is 3.84. The number of amides is 1. The van der Waals surface area contributed by atoms with Crippen LogP contribution in [0.3, 0.4) is 0 Å². The Morgan fingerprint density at radius 3 is 2.50 bits per heavy atom. The van der Waals surface area contributed by atoms with E-state index in [9.17, 15) is 4.79 Å². The van der Waals surface area contributed by atoms with E-state index < -0.39 is 0 Å². The molecule has 7 heteroatoms. The predicted molar refractivity (Wildman–Crippen MR) is 89.6 cm³/mol. The Kier molecular flexibility index (Phi) is 4.00. The average molecular weight is 330 g/mol. The second-order valence-corrected chi connectivity index (χ2v) is 6.89. The quantitative estimate of drug-likeness (QED) is 0.792. The lowest BCUT2D eigenvalue weighted by Gasteiger charge is -2.02. The molecule has 22 heavy (non-hydrogen) atoms. The van der Waals surface area contributed by atoms with Crippen LogP contribution < -0.4 is 5.32 Å². The van der Waals surface area contributed by atoms with Gasteiger partial charge in [0.2, 0.25) is 0 Å². The lowest BCUT2D eigenvalue weighted by molar-refractivity contribution is 0.102. The standard InChI is InChI=1S/C15H14N4OS2/c1-8-4-6-11(7-5-8)13-12(18-19-22-13)14(20)17-15-16-9(2)10(3)21-15/h4-7H,1-3H3,(H,16,17,20). The molecule has 0 spiro atoms. The van der Waals surface area contributed by atoms with Crippen molar-refractivity contribution in [2.24, 2.45) is 0 Å². The number of aryl methyl sites for hydroxylation is 3. The van der Waals surface area contributed by atoms with Crippen LogP contribution in [0.1, 0.15) is 26.6 Å². The number of nitrogens with zero attached hydrogens (tertiary/aromatic N) is 3. The third-order valence-electron chi connectivity index (χ3n) is 3.27. The van der Waals surface area contributed by atoms with Gasteiger partial charge in [-0.3, -0.25) is 10.1 Å². The van der Waals surface area contributed by atoms with Gasteiger partial charge < -0.3 is 0 Å². The maximum absolute atomic E-state index is 12.4. The Balaban J connectivity index is 1.87. The summed E-state index contributed by atoms with van der Waals surface area (Å²) >= 11 is 2.67. The van der Waals surface area contributed by atoms with E-state index in [0.29, 0.717) is 10.8 Å². The van der Waals surface area contributed by atoms with E-state index in [2.05, 4.69) is 19.9 Å². The van der Waals surface area contributed by atoms with Gasteiger partial charge in [-0.1, -0.05) is 34.3 Å². The van der Waals surface area contributed by atoms with Crippen molar-refractivity contribution >= 4 is 33.9 Å². The zero-order chi connectivity index (χ0) is 15.7. The van der Waals surface area contributed by atoms with Crippen molar-refractivity contribution in [2.75, 3.05) is 5.32 Å². The molecule has 0 radical (unpaired) electrons. The maximum Gasteiger partial charge on any atom is 0.279 e. The van der Waals surface area contributed by atoms with Gasteiger partial charge in [0.1, 0.15) is 0 Å². The van der Waals surface area contributed by atoms with Gasteiger partial charge in [-0.2, -0.15) is 0 Å². The van der Waals surface area contributed by atoms with Gasteiger partial charge in [-0.15, -0.1) is 16.4 Å². The van der Waals surface area contributed by atoms with Crippen LogP contribution in [0.4, 0.5) is 5.13 Å². The topological polar surface area (TPSA) is 67.8 Å². The van der Waals surface area contributed by atoms with Gasteiger partial charge in [0.25, 0.3) is 5.91 Å². The molecule has 1 aromatic carbocycles. The SMILES string of the molecule is Cc1ccc(-c2snnc2C(=O)Nc2nc(C)c(C)s2)cc1. The second kappa shape index (κ2) is 5.94. The molecule has 0 bridgehead atoms. The number of anilines is 1. The van der Waals surface area contributed by atoms with Crippen LogP contribution in [0.2, 0.25) is 0 Å². The van der Waals surface area contributed by atoms with Crippen LogP contribution in [-0.2, 0) is 0 Å². The summed E-state index contributed by atoms with van der Waals surface area (Å²) in [6.45, 7) is 5.92. The van der Waals surface area contributed by atoms with Gasteiger partial charge in [0, 0.05) is 4.88 Å². The van der Waals surface area contributed by atoms with E-state index in [1.807, 2.05) is 45.0 Å². The summed E-state index contributed by atoms with van der Waals surface area (Å²) in [6, 6.07) is 7.95. The van der Waals surface area contributed by atoms with Crippen molar-refractivity contribution in [2.45, 2.75) is 20.8 Å². The highest BCUT2D eigenvalue weighted by atomic mass is 32.1. The number of hydrogen-bond donors (Lipinski definition) is 1. The minimum atomic E-state index is -0.280. The Morgan fingerprint density at radius 2 is 1.86 bits per heavy atom. The normalized spacial score (nSPS) is 10.7. The van der Waals surface area contributed by atoms with Gasteiger partial charge >= 0.3 is 0 Å². The average Bonchev–Trinajstić information content (AvgIpc) is 3.07. The zero-order valence-corrected chi connectivity index (χ0v) is 14.0. The molecule has 0 aliphatic rings. The molecule has 2 aromatic heterocycles. The molecule has 1 amide bonds. The summed E-state index contributed by atoms with van der Waals surface area (Å²) in [6.07, 6.45) is 0. The summed E-state index contributed by atoms with van der Waals surface area (Å²) in [4.78, 5) is 18.6. The van der Waals surface area contributed by atoms with Gasteiger partial charge in [-0.25, -0.2) is 4.98 Å². The lowest BCUT2D eigenvalue weighted by atomic mass is 10.1. The van der Waals surface area contributed by atoms with Crippen molar-refractivity contribution in [1.29, 1.82) is 0 Å². The van der Waals surface area contributed by atoms with E-state index in [0.717, 1.165) is 21.0 Å². The summed E-state index contributed by atoms with van der Waals surface area (Å²) < 4.78 is 3.92. The highest BCUT2D eigenvalue weighted by Crippen LogP contribution is 2.28. The summed E-state index contributed by atoms with van der Waals surface area (Å²) in [5, 5.41) is 7.36. The molecule has 5 nitrogen and oxygen atoms in total. The molecule has 1 N–H and O–H groups in total. The number of benzene rings is 1. The largest absolute Gasteiger partial charge is 0.296 e. The fourth-order valence-electron chi connectivity index (χ4n) is 1.92. The number of nitrogens with one attached hydrogen (secondary N) is 1. The van der Waals surface area contributed by atoms with Crippen molar-refractivity contribution in [1.82, 2.24) is 14.6 Å². The van der Waals surface area contributed by atoms with E-state index in [4.69, 9.17) is 0 Å². The van der Waals surface area contributed by atoms with Crippen LogP contribution in [0.5, 0.6) is 0 Å². The third kappa shape index (κ3) is 2.90. The number of thiazole rings is 1. The molecule has 0 saturated heterocycles. The molecule has 0 aliphatic carbocycles. The van der Waals surface area contributed by atoms with Crippen LogP contribution in [0.15, 0.2) is 24.3 Å². The molecule has 3 rings (SSSR count). The third-order valence-corrected chi connectivity index (χ3v) is 5.03. The zero-order valence-electron chi connectivity index (χ0n) is 12.4. The fraction of sp³-hybridized carbons (Fsp3) is 0.200. The molecule has 0 unspecified atom stereocenters. The van der Waals surface area contributed by atoms with Crippen LogP contribution in [0.25, 0.3) is 10.4 Å². The fourth-order valence-corrected chi connectivity index (χ4v) is 3.39. The van der Waals surface area contributed by atoms with Crippen LogP contribution >= 0.6 is 22.9 Å². The molecule has 0 saturated carbocycles. The maximum atomic E-state index is 12.4. The Hall–Kier alpha value is -2.12. The molecule has 112 valence electrons. The first-order chi connectivity index (χ1) is 10.5. The number of hydrogen-bond acceptors (Lipinski definition) is 6. The number of rotatable bonds is 3. The second-order valence-electron chi connectivity index (χ2n) is 4.93. The monoisotopic (exact) mass is 330 g/mol. The lowest BCUT2D eigenvalue weighted by Crippen LogP contribution is -2.13. The first-order valence-corrected chi connectivity index (χ1v) is 8.28. The first kappa shape index (κ1) is 14.8. The molecule has 2 heterocycles. The molecule has 0 aliphatic heterocycles. The Labute approximate surface area is 136 Å². The van der Waals surface area contributed by atoms with Crippen LogP contribution in [-0.4, -0.2) is 20.5 Å². The van der Waals surface area contributed by atoms with Crippen molar-refractivity contribution in [3.8, 4) is 10.4 Å². The number of carbonyl (C=O) groups excluding carboxylic acids is 1. The minimum Gasteiger partial charge on any atom is -0.296 e. The highest BCUT2D eigenvalue weighted by Gasteiger charge is 2.19. The molecular formula is C15H14N4OS2. The summed E-state index contributed by atoms with van der Waals surface area (Å²) in [5.74, 6) is -0.280. The van der Waals surface area contributed by atoms with E-state index >= 15 is 0 Å². The van der Waals surface area contributed by atoms with E-state index in [1.54, 1.807) is 0 Å². The number of aromatic nitrogens is 3. The van der Waals surface area contributed by atoms with Gasteiger partial charge in [-0.05, 0) is 37.9 Å². The van der Waals surface area contributed by atoms with Gasteiger partial charge in [0.05, 0.1) is 10.6 Å². The molecular weight excluding hydrogens is 316 g/mol. The van der Waals surface area contributed by atoms with Crippen molar-refractivity contribution in [3.05, 3.63) is 46.1 Å². The van der Waals surface area contributed by atoms with Gasteiger partial charge in [0.15, 0.2) is 10.8 Å². The van der Waals surface area contributed by atoms with Crippen molar-refractivity contribution in [3.63, 3.8) is 0 Å². The Bertz CT molecular complexity index is 801. The smallest absolute Gasteiger partial charge is 0.279 e. The molecule has 0 atom stereocenters. The number of carbonyl (C=O) groups is 1. The first-order valence-electron chi connectivity index (χ1n) is 6.69. The molecule has 3 aromatic rings. The van der Waals surface area contributed by atoms with E-state index in [1.165, 1.54) is 28.4 Å². The highest BCUT2D eigenvalue weighted by molar-refractivity contribution is 7.15. The van der Waals surface area contributed by atoms with E-state index in [-0.39, 0.29) is 5.91 Å².